The lowest BCUT2D eigenvalue weighted by molar-refractivity contribution is 0.290. The van der Waals surface area contributed by atoms with Gasteiger partial charge in [-0.15, -0.1) is 10.2 Å². The molecular weight excluding hydrogens is 322 g/mol. The van der Waals surface area contributed by atoms with Gasteiger partial charge in [-0.05, 0) is 46.4 Å². The van der Waals surface area contributed by atoms with Gasteiger partial charge in [0.25, 0.3) is 0 Å². The van der Waals surface area contributed by atoms with Crippen molar-refractivity contribution in [3.8, 4) is 5.88 Å². The molecule has 1 heterocycles. The van der Waals surface area contributed by atoms with E-state index in [1.807, 2.05) is 6.07 Å². The minimum atomic E-state index is -0.252. The standard InChI is InChI=1S/C11H8FIN2O/c12-9-3-1-8(2-4-9)7-16-11-6-5-10(13)14-15-11/h1-6H,7H2. The van der Waals surface area contributed by atoms with Crippen LogP contribution in [0.15, 0.2) is 36.4 Å². The summed E-state index contributed by atoms with van der Waals surface area (Å²) in [6, 6.07) is 9.72. The molecule has 0 amide bonds. The number of hydrogen-bond donors (Lipinski definition) is 0. The van der Waals surface area contributed by atoms with Crippen LogP contribution in [0.5, 0.6) is 5.88 Å². The number of benzene rings is 1. The molecule has 0 bridgehead atoms. The van der Waals surface area contributed by atoms with Gasteiger partial charge in [0.15, 0.2) is 0 Å². The summed E-state index contributed by atoms with van der Waals surface area (Å²) >= 11 is 2.07. The van der Waals surface area contributed by atoms with Crippen LogP contribution in [0, 0.1) is 9.52 Å². The van der Waals surface area contributed by atoms with E-state index in [2.05, 4.69) is 32.8 Å². The zero-order valence-corrected chi connectivity index (χ0v) is 10.4. The highest BCUT2D eigenvalue weighted by Gasteiger charge is 1.98. The monoisotopic (exact) mass is 330 g/mol. The minimum absolute atomic E-state index is 0.252. The molecule has 0 fully saturated rings. The van der Waals surface area contributed by atoms with Crippen LogP contribution in [0.4, 0.5) is 4.39 Å². The van der Waals surface area contributed by atoms with Crippen LogP contribution in [0.3, 0.4) is 0 Å². The van der Waals surface area contributed by atoms with Crippen LogP contribution in [0.1, 0.15) is 5.56 Å². The summed E-state index contributed by atoms with van der Waals surface area (Å²) < 4.78 is 18.8. The Morgan fingerprint density at radius 3 is 2.44 bits per heavy atom. The Kier molecular flexibility index (Phi) is 3.66. The van der Waals surface area contributed by atoms with E-state index >= 15 is 0 Å². The second-order valence-electron chi connectivity index (χ2n) is 3.11. The first-order chi connectivity index (χ1) is 7.74. The molecule has 1 aromatic heterocycles. The summed E-state index contributed by atoms with van der Waals surface area (Å²) in [4.78, 5) is 0. The first-order valence-corrected chi connectivity index (χ1v) is 5.68. The highest BCUT2D eigenvalue weighted by molar-refractivity contribution is 14.1. The Balaban J connectivity index is 1.97. The van der Waals surface area contributed by atoms with Crippen molar-refractivity contribution in [1.82, 2.24) is 10.2 Å². The van der Waals surface area contributed by atoms with Gasteiger partial charge in [-0.25, -0.2) is 4.39 Å². The normalized spacial score (nSPS) is 10.1. The molecule has 0 saturated heterocycles. The van der Waals surface area contributed by atoms with Gasteiger partial charge < -0.3 is 4.74 Å². The molecule has 0 unspecified atom stereocenters. The predicted octanol–water partition coefficient (Wildman–Crippen LogP) is 2.80. The van der Waals surface area contributed by atoms with Crippen molar-refractivity contribution in [2.75, 3.05) is 0 Å². The molecule has 0 spiro atoms. The Labute approximate surface area is 106 Å². The molecular formula is C11H8FIN2O. The number of ether oxygens (including phenoxy) is 1. The summed E-state index contributed by atoms with van der Waals surface area (Å²) in [6.07, 6.45) is 0. The number of halogens is 2. The molecule has 0 aliphatic rings. The third kappa shape index (κ3) is 3.13. The number of hydrogen-bond acceptors (Lipinski definition) is 3. The second-order valence-corrected chi connectivity index (χ2v) is 4.21. The van der Waals surface area contributed by atoms with Crippen molar-refractivity contribution in [2.45, 2.75) is 6.61 Å². The molecule has 0 radical (unpaired) electrons. The summed E-state index contributed by atoms with van der Waals surface area (Å²) in [5.74, 6) is 0.211. The summed E-state index contributed by atoms with van der Waals surface area (Å²) in [7, 11) is 0. The van der Waals surface area contributed by atoms with Crippen LogP contribution >= 0.6 is 22.6 Å². The predicted molar refractivity (Wildman–Crippen MR) is 65.5 cm³/mol. The molecule has 1 aromatic carbocycles. The van der Waals surface area contributed by atoms with E-state index in [4.69, 9.17) is 4.74 Å². The fourth-order valence-corrected chi connectivity index (χ4v) is 1.41. The van der Waals surface area contributed by atoms with Gasteiger partial charge in [-0.2, -0.15) is 0 Å². The van der Waals surface area contributed by atoms with E-state index in [1.165, 1.54) is 12.1 Å². The first-order valence-electron chi connectivity index (χ1n) is 4.60. The van der Waals surface area contributed by atoms with E-state index in [1.54, 1.807) is 18.2 Å². The molecule has 2 aromatic rings. The van der Waals surface area contributed by atoms with Gasteiger partial charge in [0.05, 0.1) is 0 Å². The average Bonchev–Trinajstić information content (AvgIpc) is 2.30. The summed E-state index contributed by atoms with van der Waals surface area (Å²) in [6.45, 7) is 0.357. The zero-order valence-electron chi connectivity index (χ0n) is 8.23. The van der Waals surface area contributed by atoms with Crippen LogP contribution in [-0.4, -0.2) is 10.2 Å². The van der Waals surface area contributed by atoms with E-state index in [0.29, 0.717) is 12.5 Å². The lowest BCUT2D eigenvalue weighted by atomic mass is 10.2. The molecule has 16 heavy (non-hydrogen) atoms. The van der Waals surface area contributed by atoms with Gasteiger partial charge >= 0.3 is 0 Å². The van der Waals surface area contributed by atoms with Crippen molar-refractivity contribution < 1.29 is 9.13 Å². The zero-order chi connectivity index (χ0) is 11.4. The maximum absolute atomic E-state index is 12.6. The van der Waals surface area contributed by atoms with Crippen molar-refractivity contribution in [3.63, 3.8) is 0 Å². The Morgan fingerprint density at radius 1 is 1.06 bits per heavy atom. The lowest BCUT2D eigenvalue weighted by Crippen LogP contribution is -1.98. The quantitative estimate of drug-likeness (QED) is 0.812. The van der Waals surface area contributed by atoms with Gasteiger partial charge in [0.2, 0.25) is 5.88 Å². The SMILES string of the molecule is Fc1ccc(COc2ccc(I)nn2)cc1. The molecule has 2 rings (SSSR count). The van der Waals surface area contributed by atoms with Crippen LogP contribution in [-0.2, 0) is 6.61 Å². The maximum Gasteiger partial charge on any atom is 0.233 e. The van der Waals surface area contributed by atoms with E-state index in [9.17, 15) is 4.39 Å². The molecule has 5 heteroatoms. The summed E-state index contributed by atoms with van der Waals surface area (Å²) in [5, 5.41) is 7.71. The lowest BCUT2D eigenvalue weighted by Gasteiger charge is -2.04. The Morgan fingerprint density at radius 2 is 1.81 bits per heavy atom. The smallest absolute Gasteiger partial charge is 0.233 e. The highest BCUT2D eigenvalue weighted by Crippen LogP contribution is 2.10. The van der Waals surface area contributed by atoms with Crippen molar-refractivity contribution in [1.29, 1.82) is 0 Å². The maximum atomic E-state index is 12.6. The fraction of sp³-hybridized carbons (Fsp3) is 0.0909. The van der Waals surface area contributed by atoms with E-state index < -0.39 is 0 Å². The van der Waals surface area contributed by atoms with Crippen molar-refractivity contribution >= 4 is 22.6 Å². The molecule has 0 aliphatic heterocycles. The summed E-state index contributed by atoms with van der Waals surface area (Å²) in [5.41, 5.74) is 0.891. The van der Waals surface area contributed by atoms with Gasteiger partial charge in [-0.1, -0.05) is 12.1 Å². The number of nitrogens with zero attached hydrogens (tertiary/aromatic N) is 2. The van der Waals surface area contributed by atoms with E-state index in [-0.39, 0.29) is 5.82 Å². The van der Waals surface area contributed by atoms with Gasteiger partial charge in [0.1, 0.15) is 16.1 Å². The van der Waals surface area contributed by atoms with Crippen molar-refractivity contribution in [3.05, 3.63) is 51.5 Å². The second kappa shape index (κ2) is 5.20. The fourth-order valence-electron chi connectivity index (χ4n) is 1.12. The van der Waals surface area contributed by atoms with Crippen molar-refractivity contribution in [2.24, 2.45) is 0 Å². The molecule has 82 valence electrons. The van der Waals surface area contributed by atoms with E-state index in [0.717, 1.165) is 9.26 Å². The minimum Gasteiger partial charge on any atom is -0.472 e. The largest absolute Gasteiger partial charge is 0.472 e. The average molecular weight is 330 g/mol. The van der Waals surface area contributed by atoms with Crippen LogP contribution in [0.2, 0.25) is 0 Å². The topological polar surface area (TPSA) is 35.0 Å². The molecule has 0 N–H and O–H groups in total. The third-order valence-electron chi connectivity index (χ3n) is 1.91. The Hall–Kier alpha value is -1.24. The number of aromatic nitrogens is 2. The Bertz CT molecular complexity index is 413. The van der Waals surface area contributed by atoms with Crippen LogP contribution < -0.4 is 4.74 Å². The molecule has 0 saturated carbocycles. The van der Waals surface area contributed by atoms with Gasteiger partial charge in [0, 0.05) is 6.07 Å². The number of rotatable bonds is 3. The molecule has 3 nitrogen and oxygen atoms in total. The third-order valence-corrected chi connectivity index (χ3v) is 2.48. The first kappa shape index (κ1) is 11.3. The molecule has 0 atom stereocenters. The molecule has 0 aliphatic carbocycles. The highest BCUT2D eigenvalue weighted by atomic mass is 127. The van der Waals surface area contributed by atoms with Gasteiger partial charge in [-0.3, -0.25) is 0 Å². The van der Waals surface area contributed by atoms with Crippen LogP contribution in [0.25, 0.3) is 0 Å².